The molecule has 2 aromatic carbocycles. The van der Waals surface area contributed by atoms with Gasteiger partial charge in [0.1, 0.15) is 16.5 Å². The van der Waals surface area contributed by atoms with Gasteiger partial charge >= 0.3 is 0 Å². The Morgan fingerprint density at radius 1 is 1.13 bits per heavy atom. The molecule has 0 aromatic heterocycles. The predicted molar refractivity (Wildman–Crippen MR) is 110 cm³/mol. The molecule has 30 heavy (non-hydrogen) atoms. The maximum absolute atomic E-state index is 14.4. The van der Waals surface area contributed by atoms with Gasteiger partial charge in [-0.25, -0.2) is 12.8 Å². The molecule has 160 valence electrons. The van der Waals surface area contributed by atoms with Crippen LogP contribution in [0.3, 0.4) is 0 Å². The summed E-state index contributed by atoms with van der Waals surface area (Å²) in [6.45, 7) is 0.749. The lowest BCUT2D eigenvalue weighted by Gasteiger charge is -2.20. The van der Waals surface area contributed by atoms with Crippen LogP contribution in [-0.4, -0.2) is 38.8 Å². The minimum absolute atomic E-state index is 0.133. The number of amides is 1. The second kappa shape index (κ2) is 8.35. The van der Waals surface area contributed by atoms with Crippen molar-refractivity contribution in [3.05, 3.63) is 59.4 Å². The highest BCUT2D eigenvalue weighted by atomic mass is 32.2. The summed E-state index contributed by atoms with van der Waals surface area (Å²) in [4.78, 5) is 12.5. The summed E-state index contributed by atoms with van der Waals surface area (Å²) < 4.78 is 46.4. The van der Waals surface area contributed by atoms with Crippen LogP contribution < -0.4 is 10.1 Å². The summed E-state index contributed by atoms with van der Waals surface area (Å²) in [6.07, 6.45) is 3.53. The molecule has 1 aliphatic heterocycles. The number of nitrogens with one attached hydrogen (secondary N) is 1. The number of rotatable bonds is 7. The first kappa shape index (κ1) is 20.8. The van der Waals surface area contributed by atoms with E-state index in [2.05, 4.69) is 5.32 Å². The van der Waals surface area contributed by atoms with Gasteiger partial charge in [-0.15, -0.1) is 0 Å². The molecule has 1 heterocycles. The molecule has 8 heteroatoms. The SMILES string of the molecule is COc1ccc(C(NC(=O)c2ccc(F)c(S(=O)(=O)N3CCCC3)c2)C2CC2)cc1. The van der Waals surface area contributed by atoms with Crippen molar-refractivity contribution < 1.29 is 22.3 Å². The van der Waals surface area contributed by atoms with Gasteiger partial charge in [-0.05, 0) is 67.5 Å². The summed E-state index contributed by atoms with van der Waals surface area (Å²) in [5.41, 5.74) is 1.09. The molecule has 1 saturated carbocycles. The third-order valence-electron chi connectivity index (χ3n) is 5.73. The summed E-state index contributed by atoms with van der Waals surface area (Å²) in [5.74, 6) is -0.196. The van der Waals surface area contributed by atoms with E-state index in [1.165, 1.54) is 10.4 Å². The molecule has 2 aliphatic rings. The minimum Gasteiger partial charge on any atom is -0.497 e. The Hall–Kier alpha value is -2.45. The molecule has 1 unspecified atom stereocenters. The Labute approximate surface area is 176 Å². The number of carbonyl (C=O) groups excluding carboxylic acids is 1. The van der Waals surface area contributed by atoms with E-state index in [-0.39, 0.29) is 11.6 Å². The zero-order valence-electron chi connectivity index (χ0n) is 16.8. The van der Waals surface area contributed by atoms with E-state index in [1.54, 1.807) is 7.11 Å². The van der Waals surface area contributed by atoms with Crippen LogP contribution in [0.5, 0.6) is 5.75 Å². The fourth-order valence-corrected chi connectivity index (χ4v) is 5.46. The van der Waals surface area contributed by atoms with Gasteiger partial charge in [-0.1, -0.05) is 12.1 Å². The van der Waals surface area contributed by atoms with Crippen LogP contribution in [0.15, 0.2) is 47.4 Å². The van der Waals surface area contributed by atoms with Crippen molar-refractivity contribution in [3.63, 3.8) is 0 Å². The van der Waals surface area contributed by atoms with Crippen molar-refractivity contribution in [2.24, 2.45) is 5.92 Å². The number of ether oxygens (including phenoxy) is 1. The fraction of sp³-hybridized carbons (Fsp3) is 0.409. The number of halogens is 1. The van der Waals surface area contributed by atoms with E-state index in [0.717, 1.165) is 49.1 Å². The van der Waals surface area contributed by atoms with Gasteiger partial charge in [0.2, 0.25) is 10.0 Å². The van der Waals surface area contributed by atoms with Gasteiger partial charge in [0.15, 0.2) is 0 Å². The smallest absolute Gasteiger partial charge is 0.251 e. The highest BCUT2D eigenvalue weighted by Crippen LogP contribution is 2.41. The first-order valence-electron chi connectivity index (χ1n) is 10.1. The summed E-state index contributed by atoms with van der Waals surface area (Å²) >= 11 is 0. The van der Waals surface area contributed by atoms with E-state index in [1.807, 2.05) is 24.3 Å². The van der Waals surface area contributed by atoms with Gasteiger partial charge in [0.25, 0.3) is 5.91 Å². The van der Waals surface area contributed by atoms with Crippen molar-refractivity contribution >= 4 is 15.9 Å². The second-order valence-electron chi connectivity index (χ2n) is 7.82. The molecule has 0 spiro atoms. The first-order chi connectivity index (χ1) is 14.4. The summed E-state index contributed by atoms with van der Waals surface area (Å²) in [6, 6.07) is 10.9. The Balaban J connectivity index is 1.58. The quantitative estimate of drug-likeness (QED) is 0.727. The molecular formula is C22H25FN2O4S. The van der Waals surface area contributed by atoms with Crippen molar-refractivity contribution in [1.82, 2.24) is 9.62 Å². The van der Waals surface area contributed by atoms with Crippen LogP contribution in [0.2, 0.25) is 0 Å². The molecular weight excluding hydrogens is 407 g/mol. The van der Waals surface area contributed by atoms with Crippen molar-refractivity contribution in [2.45, 2.75) is 36.6 Å². The number of sulfonamides is 1. The lowest BCUT2D eigenvalue weighted by molar-refractivity contribution is 0.0931. The van der Waals surface area contributed by atoms with Gasteiger partial charge in [-0.3, -0.25) is 4.79 Å². The van der Waals surface area contributed by atoms with E-state index in [4.69, 9.17) is 4.74 Å². The molecule has 1 N–H and O–H groups in total. The van der Waals surface area contributed by atoms with Crippen LogP contribution in [-0.2, 0) is 10.0 Å². The maximum atomic E-state index is 14.4. The number of hydrogen-bond acceptors (Lipinski definition) is 4. The third kappa shape index (κ3) is 4.20. The molecule has 1 saturated heterocycles. The van der Waals surface area contributed by atoms with Crippen LogP contribution >= 0.6 is 0 Å². The van der Waals surface area contributed by atoms with E-state index in [9.17, 15) is 17.6 Å². The molecule has 0 bridgehead atoms. The molecule has 1 aliphatic carbocycles. The van der Waals surface area contributed by atoms with Crippen LogP contribution in [0, 0.1) is 11.7 Å². The minimum atomic E-state index is -3.95. The predicted octanol–water partition coefficient (Wildman–Crippen LogP) is 3.50. The van der Waals surface area contributed by atoms with Crippen LogP contribution in [0.1, 0.15) is 47.6 Å². The first-order valence-corrected chi connectivity index (χ1v) is 11.6. The monoisotopic (exact) mass is 432 g/mol. The fourth-order valence-electron chi connectivity index (χ4n) is 3.85. The molecule has 2 fully saturated rings. The lowest BCUT2D eigenvalue weighted by Crippen LogP contribution is -2.31. The van der Waals surface area contributed by atoms with E-state index < -0.39 is 26.6 Å². The van der Waals surface area contributed by atoms with Crippen molar-refractivity contribution in [1.29, 1.82) is 0 Å². The number of nitrogens with zero attached hydrogens (tertiary/aromatic N) is 1. The Morgan fingerprint density at radius 3 is 2.40 bits per heavy atom. The Morgan fingerprint density at radius 2 is 1.80 bits per heavy atom. The normalized spacial score (nSPS) is 18.2. The molecule has 0 radical (unpaired) electrons. The molecule has 2 aromatic rings. The summed E-state index contributed by atoms with van der Waals surface area (Å²) in [5, 5.41) is 3.01. The highest BCUT2D eigenvalue weighted by molar-refractivity contribution is 7.89. The number of hydrogen-bond donors (Lipinski definition) is 1. The zero-order chi connectivity index (χ0) is 21.3. The number of carbonyl (C=O) groups is 1. The highest BCUT2D eigenvalue weighted by Gasteiger charge is 2.34. The standard InChI is InChI=1S/C22H25FN2O4S/c1-29-18-9-6-16(7-10-18)21(15-4-5-15)24-22(26)17-8-11-19(23)20(14-17)30(27,28)25-12-2-3-13-25/h6-11,14-15,21H,2-5,12-13H2,1H3,(H,24,26). The van der Waals surface area contributed by atoms with E-state index >= 15 is 0 Å². The molecule has 1 atom stereocenters. The maximum Gasteiger partial charge on any atom is 0.251 e. The molecule has 1 amide bonds. The largest absolute Gasteiger partial charge is 0.497 e. The number of benzene rings is 2. The number of methoxy groups -OCH3 is 1. The van der Waals surface area contributed by atoms with Crippen LogP contribution in [0.25, 0.3) is 0 Å². The second-order valence-corrected chi connectivity index (χ2v) is 9.72. The molecule has 4 rings (SSSR count). The average Bonchev–Trinajstić information content (AvgIpc) is 3.43. The van der Waals surface area contributed by atoms with Crippen molar-refractivity contribution in [3.8, 4) is 5.75 Å². The van der Waals surface area contributed by atoms with Gasteiger partial charge in [0, 0.05) is 18.7 Å². The topological polar surface area (TPSA) is 75.7 Å². The third-order valence-corrected chi connectivity index (χ3v) is 7.64. The van der Waals surface area contributed by atoms with E-state index in [0.29, 0.717) is 19.0 Å². The van der Waals surface area contributed by atoms with Gasteiger partial charge in [0.05, 0.1) is 13.2 Å². The Kier molecular flexibility index (Phi) is 5.79. The van der Waals surface area contributed by atoms with Crippen LogP contribution in [0.4, 0.5) is 4.39 Å². The van der Waals surface area contributed by atoms with Gasteiger partial charge < -0.3 is 10.1 Å². The van der Waals surface area contributed by atoms with Crippen molar-refractivity contribution in [2.75, 3.05) is 20.2 Å². The summed E-state index contributed by atoms with van der Waals surface area (Å²) in [7, 11) is -2.36. The van der Waals surface area contributed by atoms with Gasteiger partial charge in [-0.2, -0.15) is 4.31 Å². The Bertz CT molecular complexity index is 1030. The lowest BCUT2D eigenvalue weighted by atomic mass is 10.0. The average molecular weight is 433 g/mol. The molecule has 6 nitrogen and oxygen atoms in total. The zero-order valence-corrected chi connectivity index (χ0v) is 17.6.